The van der Waals surface area contributed by atoms with Gasteiger partial charge in [0, 0.05) is 17.1 Å². The summed E-state index contributed by atoms with van der Waals surface area (Å²) in [7, 11) is -3.31. The van der Waals surface area contributed by atoms with Crippen LogP contribution in [0.15, 0.2) is 29.2 Å². The fraction of sp³-hybridized carbons (Fsp3) is 0.333. The molecule has 0 bridgehead atoms. The van der Waals surface area contributed by atoms with E-state index in [1.165, 1.54) is 23.9 Å². The number of carboxylic acids is 1. The number of nitrogens with two attached hydrogens (primary N) is 1. The monoisotopic (exact) mass is 317 g/mol. The van der Waals surface area contributed by atoms with Crippen molar-refractivity contribution in [2.45, 2.75) is 11.3 Å². The van der Waals surface area contributed by atoms with E-state index in [1.54, 1.807) is 12.1 Å². The maximum absolute atomic E-state index is 11.6. The molecule has 0 aliphatic carbocycles. The van der Waals surface area contributed by atoms with Crippen LogP contribution in [-0.2, 0) is 14.6 Å². The molecule has 1 aromatic carbocycles. The van der Waals surface area contributed by atoms with Gasteiger partial charge in [0.2, 0.25) is 5.91 Å². The summed E-state index contributed by atoms with van der Waals surface area (Å²) in [6.45, 7) is 0. The molecule has 0 fully saturated rings. The second kappa shape index (κ2) is 7.30. The molecule has 8 heteroatoms. The third-order valence-electron chi connectivity index (χ3n) is 2.40. The highest BCUT2D eigenvalue weighted by Crippen LogP contribution is 2.19. The van der Waals surface area contributed by atoms with Crippen LogP contribution in [0.1, 0.15) is 16.8 Å². The van der Waals surface area contributed by atoms with Crippen molar-refractivity contribution in [1.82, 2.24) is 0 Å². The van der Waals surface area contributed by atoms with Crippen molar-refractivity contribution in [3.63, 3.8) is 0 Å². The topological polar surface area (TPSA) is 115 Å². The fourth-order valence-corrected chi connectivity index (χ4v) is 4.05. The Labute approximate surface area is 121 Å². The molecule has 0 saturated heterocycles. The van der Waals surface area contributed by atoms with Gasteiger partial charge in [-0.25, -0.2) is 13.2 Å². The third kappa shape index (κ3) is 6.07. The van der Waals surface area contributed by atoms with Crippen molar-refractivity contribution >= 4 is 33.5 Å². The van der Waals surface area contributed by atoms with Gasteiger partial charge in [-0.05, 0) is 18.2 Å². The van der Waals surface area contributed by atoms with E-state index in [9.17, 15) is 18.0 Å². The highest BCUT2D eigenvalue weighted by atomic mass is 32.2. The molecule has 110 valence electrons. The van der Waals surface area contributed by atoms with Crippen LogP contribution in [0, 0.1) is 0 Å². The number of sulfone groups is 1. The third-order valence-corrected chi connectivity index (χ3v) is 5.31. The normalized spacial score (nSPS) is 11.2. The van der Waals surface area contributed by atoms with Gasteiger partial charge in [-0.1, -0.05) is 6.07 Å². The Morgan fingerprint density at radius 1 is 1.25 bits per heavy atom. The van der Waals surface area contributed by atoms with Gasteiger partial charge >= 0.3 is 5.97 Å². The predicted molar refractivity (Wildman–Crippen MR) is 76.6 cm³/mol. The van der Waals surface area contributed by atoms with E-state index < -0.39 is 21.7 Å². The minimum absolute atomic E-state index is 0.0811. The molecule has 20 heavy (non-hydrogen) atoms. The molecule has 0 unspecified atom stereocenters. The lowest BCUT2D eigenvalue weighted by molar-refractivity contribution is -0.117. The molecule has 0 spiro atoms. The van der Waals surface area contributed by atoms with Crippen LogP contribution in [0.25, 0.3) is 0 Å². The summed E-state index contributed by atoms with van der Waals surface area (Å²) >= 11 is 1.25. The van der Waals surface area contributed by atoms with Crippen LogP contribution in [0.3, 0.4) is 0 Å². The first-order chi connectivity index (χ1) is 9.30. The zero-order valence-corrected chi connectivity index (χ0v) is 12.2. The van der Waals surface area contributed by atoms with Crippen molar-refractivity contribution in [3.8, 4) is 0 Å². The second-order valence-corrected chi connectivity index (χ2v) is 7.52. The first kappa shape index (κ1) is 16.5. The summed E-state index contributed by atoms with van der Waals surface area (Å²) in [5.41, 5.74) is 5.06. The number of hydrogen-bond donors (Lipinski definition) is 2. The number of benzene rings is 1. The van der Waals surface area contributed by atoms with E-state index in [1.807, 2.05) is 0 Å². The summed E-state index contributed by atoms with van der Waals surface area (Å²) in [5, 5.41) is 8.84. The average molecular weight is 317 g/mol. The number of carbonyl (C=O) groups excluding carboxylic acids is 1. The molecule has 3 N–H and O–H groups in total. The molecule has 6 nitrogen and oxygen atoms in total. The molecule has 0 aliphatic rings. The Morgan fingerprint density at radius 2 is 1.95 bits per heavy atom. The van der Waals surface area contributed by atoms with Gasteiger partial charge in [0.25, 0.3) is 0 Å². The van der Waals surface area contributed by atoms with Crippen LogP contribution in [0.2, 0.25) is 0 Å². The predicted octanol–water partition coefficient (Wildman–Crippen LogP) is 0.767. The van der Waals surface area contributed by atoms with E-state index in [4.69, 9.17) is 10.8 Å². The Balaban J connectivity index is 2.50. The summed E-state index contributed by atoms with van der Waals surface area (Å²) in [5.74, 6) is -1.71. The molecular weight excluding hydrogens is 302 g/mol. The van der Waals surface area contributed by atoms with Crippen LogP contribution < -0.4 is 5.73 Å². The minimum Gasteiger partial charge on any atom is -0.478 e. The molecule has 1 rings (SSSR count). The molecule has 1 amide bonds. The van der Waals surface area contributed by atoms with Crippen LogP contribution in [-0.4, -0.2) is 42.7 Å². The second-order valence-electron chi connectivity index (χ2n) is 4.05. The number of carboxylic acid groups (broad SMARTS) is 1. The van der Waals surface area contributed by atoms with Gasteiger partial charge in [-0.3, -0.25) is 4.79 Å². The summed E-state index contributed by atoms with van der Waals surface area (Å²) in [4.78, 5) is 22.0. The maximum atomic E-state index is 11.6. The van der Waals surface area contributed by atoms with E-state index in [0.717, 1.165) is 0 Å². The molecule has 0 atom stereocenters. The molecule has 0 heterocycles. The van der Waals surface area contributed by atoms with Gasteiger partial charge < -0.3 is 10.8 Å². The maximum Gasteiger partial charge on any atom is 0.335 e. The molecular formula is C12H15NO5S2. The Bertz CT molecular complexity index is 598. The van der Waals surface area contributed by atoms with Gasteiger partial charge in [0.1, 0.15) is 0 Å². The number of rotatable bonds is 8. The SMILES string of the molecule is NC(=O)CCS(=O)(=O)CCSc1cccc(C(=O)O)c1. The summed E-state index contributed by atoms with van der Waals surface area (Å²) in [6, 6.07) is 6.28. The molecule has 0 saturated carbocycles. The van der Waals surface area contributed by atoms with E-state index in [2.05, 4.69) is 0 Å². The average Bonchev–Trinajstić information content (AvgIpc) is 2.37. The lowest BCUT2D eigenvalue weighted by Gasteiger charge is -2.04. The highest BCUT2D eigenvalue weighted by Gasteiger charge is 2.12. The van der Waals surface area contributed by atoms with E-state index in [-0.39, 0.29) is 23.5 Å². The minimum atomic E-state index is -3.31. The smallest absolute Gasteiger partial charge is 0.335 e. The van der Waals surface area contributed by atoms with Crippen molar-refractivity contribution in [2.75, 3.05) is 17.3 Å². The first-order valence-electron chi connectivity index (χ1n) is 5.75. The van der Waals surface area contributed by atoms with E-state index in [0.29, 0.717) is 10.6 Å². The Hall–Kier alpha value is -1.54. The number of amides is 1. The van der Waals surface area contributed by atoms with Crippen molar-refractivity contribution < 1.29 is 23.1 Å². The molecule has 0 aliphatic heterocycles. The van der Waals surface area contributed by atoms with Gasteiger partial charge in [-0.15, -0.1) is 11.8 Å². The number of aromatic carboxylic acids is 1. The summed E-state index contributed by atoms with van der Waals surface area (Å²) in [6.07, 6.45) is -0.179. The Morgan fingerprint density at radius 3 is 2.55 bits per heavy atom. The van der Waals surface area contributed by atoms with Gasteiger partial charge in [0.15, 0.2) is 9.84 Å². The van der Waals surface area contributed by atoms with Crippen LogP contribution in [0.5, 0.6) is 0 Å². The number of carbonyl (C=O) groups is 2. The van der Waals surface area contributed by atoms with Gasteiger partial charge in [-0.2, -0.15) is 0 Å². The number of thioether (sulfide) groups is 1. The lowest BCUT2D eigenvalue weighted by Crippen LogP contribution is -2.19. The fourth-order valence-electron chi connectivity index (χ4n) is 1.36. The lowest BCUT2D eigenvalue weighted by atomic mass is 10.2. The zero-order valence-electron chi connectivity index (χ0n) is 10.6. The van der Waals surface area contributed by atoms with E-state index >= 15 is 0 Å². The molecule has 0 radical (unpaired) electrons. The summed E-state index contributed by atoms with van der Waals surface area (Å²) < 4.78 is 23.2. The van der Waals surface area contributed by atoms with Crippen molar-refractivity contribution in [2.24, 2.45) is 5.73 Å². The number of hydrogen-bond acceptors (Lipinski definition) is 5. The Kier molecular flexibility index (Phi) is 6.03. The van der Waals surface area contributed by atoms with Gasteiger partial charge in [0.05, 0.1) is 17.1 Å². The first-order valence-corrected chi connectivity index (χ1v) is 8.56. The zero-order chi connectivity index (χ0) is 15.2. The quantitative estimate of drug-likeness (QED) is 0.684. The highest BCUT2D eigenvalue weighted by molar-refractivity contribution is 8.00. The standard InChI is InChI=1S/C12H15NO5S2/c13-11(14)4-6-20(17,18)7-5-19-10-3-1-2-9(8-10)12(15)16/h1-3,8H,4-7H2,(H2,13,14)(H,15,16). The van der Waals surface area contributed by atoms with Crippen LogP contribution >= 0.6 is 11.8 Å². The van der Waals surface area contributed by atoms with Crippen molar-refractivity contribution in [1.29, 1.82) is 0 Å². The van der Waals surface area contributed by atoms with Crippen molar-refractivity contribution in [3.05, 3.63) is 29.8 Å². The largest absolute Gasteiger partial charge is 0.478 e. The molecule has 0 aromatic heterocycles. The number of primary amides is 1. The molecule has 1 aromatic rings. The van der Waals surface area contributed by atoms with Crippen LogP contribution in [0.4, 0.5) is 0 Å².